The average Bonchev–Trinajstić information content (AvgIpc) is 1.84. The molecule has 0 aromatic carbocycles. The van der Waals surface area contributed by atoms with Crippen LogP contribution in [0, 0.1) is 16.7 Å². The fraction of sp³-hybridized carbons (Fsp3) is 0.875. The summed E-state index contributed by atoms with van der Waals surface area (Å²) in [4.78, 5) is 0. The minimum absolute atomic E-state index is 0.153. The lowest BCUT2D eigenvalue weighted by atomic mass is 9.68. The van der Waals surface area contributed by atoms with E-state index in [0.29, 0.717) is 6.42 Å². The lowest BCUT2D eigenvalue weighted by Gasteiger charge is -2.34. The molecular formula is C8H13NO2S. The van der Waals surface area contributed by atoms with Crippen molar-refractivity contribution in [3.8, 4) is 6.07 Å². The van der Waals surface area contributed by atoms with E-state index in [4.69, 9.17) is 5.26 Å². The van der Waals surface area contributed by atoms with Gasteiger partial charge in [0, 0.05) is 6.26 Å². The van der Waals surface area contributed by atoms with Crippen LogP contribution in [0.15, 0.2) is 0 Å². The zero-order valence-corrected chi connectivity index (χ0v) is 8.02. The van der Waals surface area contributed by atoms with E-state index in [1.807, 2.05) is 0 Å². The molecule has 12 heavy (non-hydrogen) atoms. The fourth-order valence-corrected chi connectivity index (χ4v) is 2.16. The highest BCUT2D eigenvalue weighted by molar-refractivity contribution is 7.90. The molecule has 0 saturated heterocycles. The Morgan fingerprint density at radius 2 is 2.08 bits per heavy atom. The highest BCUT2D eigenvalue weighted by Crippen LogP contribution is 2.43. The molecule has 0 heterocycles. The van der Waals surface area contributed by atoms with Crippen LogP contribution < -0.4 is 0 Å². The maximum atomic E-state index is 10.8. The monoisotopic (exact) mass is 187 g/mol. The number of rotatable bonds is 3. The zero-order chi connectivity index (χ0) is 9.24. The molecule has 1 fully saturated rings. The maximum absolute atomic E-state index is 10.8. The van der Waals surface area contributed by atoms with Gasteiger partial charge in [-0.2, -0.15) is 5.26 Å². The Morgan fingerprint density at radius 1 is 1.50 bits per heavy atom. The number of hydrogen-bond acceptors (Lipinski definition) is 3. The van der Waals surface area contributed by atoms with Gasteiger partial charge in [-0.3, -0.25) is 0 Å². The van der Waals surface area contributed by atoms with Gasteiger partial charge in [0.1, 0.15) is 9.84 Å². The van der Waals surface area contributed by atoms with Gasteiger partial charge >= 0.3 is 0 Å². The maximum Gasteiger partial charge on any atom is 0.147 e. The third-order valence-electron chi connectivity index (χ3n) is 2.50. The van der Waals surface area contributed by atoms with Gasteiger partial charge in [-0.25, -0.2) is 8.42 Å². The largest absolute Gasteiger partial charge is 0.229 e. The van der Waals surface area contributed by atoms with E-state index in [9.17, 15) is 8.42 Å². The zero-order valence-electron chi connectivity index (χ0n) is 7.21. The molecule has 1 saturated carbocycles. The van der Waals surface area contributed by atoms with Crippen molar-refractivity contribution in [2.24, 2.45) is 5.41 Å². The van der Waals surface area contributed by atoms with Gasteiger partial charge in [0.05, 0.1) is 17.2 Å². The van der Waals surface area contributed by atoms with Gasteiger partial charge in [0.25, 0.3) is 0 Å². The molecule has 68 valence electrons. The van der Waals surface area contributed by atoms with Crippen LogP contribution >= 0.6 is 0 Å². The van der Waals surface area contributed by atoms with Crippen LogP contribution in [-0.2, 0) is 9.84 Å². The lowest BCUT2D eigenvalue weighted by molar-refractivity contribution is 0.208. The minimum Gasteiger partial charge on any atom is -0.229 e. The fourth-order valence-electron chi connectivity index (χ4n) is 1.40. The van der Waals surface area contributed by atoms with Crippen molar-refractivity contribution in [2.45, 2.75) is 25.7 Å². The van der Waals surface area contributed by atoms with Crippen LogP contribution in [0.2, 0.25) is 0 Å². The Kier molecular flexibility index (Phi) is 2.43. The summed E-state index contributed by atoms with van der Waals surface area (Å²) < 4.78 is 21.6. The summed E-state index contributed by atoms with van der Waals surface area (Å²) in [6, 6.07) is 2.22. The summed E-state index contributed by atoms with van der Waals surface area (Å²) in [6.45, 7) is 0. The predicted molar refractivity (Wildman–Crippen MR) is 46.2 cm³/mol. The molecular weight excluding hydrogens is 174 g/mol. The van der Waals surface area contributed by atoms with E-state index in [-0.39, 0.29) is 11.2 Å². The molecule has 0 radical (unpaired) electrons. The Hall–Kier alpha value is -0.560. The van der Waals surface area contributed by atoms with E-state index in [1.165, 1.54) is 6.26 Å². The third-order valence-corrected chi connectivity index (χ3v) is 3.44. The van der Waals surface area contributed by atoms with E-state index < -0.39 is 9.84 Å². The summed E-state index contributed by atoms with van der Waals surface area (Å²) in [5, 5.41) is 8.79. The van der Waals surface area contributed by atoms with Crippen molar-refractivity contribution in [2.75, 3.05) is 12.0 Å². The van der Waals surface area contributed by atoms with Crippen LogP contribution in [0.1, 0.15) is 25.7 Å². The molecule has 1 rings (SSSR count). The molecule has 0 aliphatic heterocycles. The van der Waals surface area contributed by atoms with Crippen LogP contribution in [0.25, 0.3) is 0 Å². The molecule has 0 spiro atoms. The van der Waals surface area contributed by atoms with E-state index in [0.717, 1.165) is 19.3 Å². The third kappa shape index (κ3) is 2.21. The molecule has 0 N–H and O–H groups in total. The first-order chi connectivity index (χ1) is 5.47. The highest BCUT2D eigenvalue weighted by atomic mass is 32.2. The van der Waals surface area contributed by atoms with Gasteiger partial charge in [0.2, 0.25) is 0 Å². The van der Waals surface area contributed by atoms with Crippen LogP contribution in [0.3, 0.4) is 0 Å². The van der Waals surface area contributed by atoms with Crippen molar-refractivity contribution in [3.05, 3.63) is 0 Å². The van der Waals surface area contributed by atoms with Crippen molar-refractivity contribution in [1.29, 1.82) is 5.26 Å². The molecule has 4 heteroatoms. The second-order valence-corrected chi connectivity index (χ2v) is 5.89. The van der Waals surface area contributed by atoms with E-state index in [2.05, 4.69) is 6.07 Å². The van der Waals surface area contributed by atoms with Gasteiger partial charge in [-0.1, -0.05) is 6.42 Å². The van der Waals surface area contributed by atoms with Gasteiger partial charge < -0.3 is 0 Å². The molecule has 1 aliphatic rings. The number of sulfone groups is 1. The summed E-state index contributed by atoms with van der Waals surface area (Å²) in [5.41, 5.74) is -0.302. The Morgan fingerprint density at radius 3 is 2.33 bits per heavy atom. The minimum atomic E-state index is -2.89. The molecule has 0 unspecified atom stereocenters. The van der Waals surface area contributed by atoms with Crippen molar-refractivity contribution in [3.63, 3.8) is 0 Å². The predicted octanol–water partition coefficient (Wildman–Crippen LogP) is 1.11. The van der Waals surface area contributed by atoms with E-state index in [1.54, 1.807) is 0 Å². The summed E-state index contributed by atoms with van der Waals surface area (Å²) >= 11 is 0. The SMILES string of the molecule is CS(=O)(=O)CCC1(C#N)CCC1. The van der Waals surface area contributed by atoms with Gasteiger partial charge in [-0.15, -0.1) is 0 Å². The molecule has 3 nitrogen and oxygen atoms in total. The quantitative estimate of drug-likeness (QED) is 0.665. The number of nitriles is 1. The molecule has 0 bridgehead atoms. The second-order valence-electron chi connectivity index (χ2n) is 3.63. The van der Waals surface area contributed by atoms with Crippen LogP contribution in [0.4, 0.5) is 0 Å². The molecule has 0 amide bonds. The lowest BCUT2D eigenvalue weighted by Crippen LogP contribution is -2.29. The summed E-state index contributed by atoms with van der Waals surface area (Å²) in [6.07, 6.45) is 4.55. The summed E-state index contributed by atoms with van der Waals surface area (Å²) in [5.74, 6) is 0.153. The van der Waals surface area contributed by atoms with E-state index >= 15 is 0 Å². The first-order valence-electron chi connectivity index (χ1n) is 4.06. The average molecular weight is 187 g/mol. The van der Waals surface area contributed by atoms with Crippen molar-refractivity contribution < 1.29 is 8.42 Å². The summed E-state index contributed by atoms with van der Waals surface area (Å²) in [7, 11) is -2.89. The Bertz CT molecular complexity index is 296. The topological polar surface area (TPSA) is 57.9 Å². The molecule has 0 aromatic heterocycles. The normalized spacial score (nSPS) is 21.0. The first kappa shape index (κ1) is 9.53. The van der Waals surface area contributed by atoms with Gasteiger partial charge in [-0.05, 0) is 19.3 Å². The molecule has 0 aromatic rings. The van der Waals surface area contributed by atoms with Crippen molar-refractivity contribution >= 4 is 9.84 Å². The molecule has 1 aliphatic carbocycles. The smallest absolute Gasteiger partial charge is 0.147 e. The molecule has 0 atom stereocenters. The Labute approximate surface area is 73.3 Å². The first-order valence-corrected chi connectivity index (χ1v) is 6.13. The van der Waals surface area contributed by atoms with Crippen LogP contribution in [0.5, 0.6) is 0 Å². The second kappa shape index (κ2) is 3.06. The standard InChI is InChI=1S/C8H13NO2S/c1-12(10,11)6-5-8(7-9)3-2-4-8/h2-6H2,1H3. The number of hydrogen-bond donors (Lipinski definition) is 0. The van der Waals surface area contributed by atoms with Crippen LogP contribution in [-0.4, -0.2) is 20.4 Å². The Balaban J connectivity index is 2.47. The highest BCUT2D eigenvalue weighted by Gasteiger charge is 2.37. The number of nitrogens with zero attached hydrogens (tertiary/aromatic N) is 1. The van der Waals surface area contributed by atoms with Gasteiger partial charge in [0.15, 0.2) is 0 Å². The van der Waals surface area contributed by atoms with Crippen molar-refractivity contribution in [1.82, 2.24) is 0 Å².